The van der Waals surface area contributed by atoms with Gasteiger partial charge in [0, 0.05) is 32.6 Å². The molecular weight excluding hydrogens is 607 g/mol. The fraction of sp³-hybridized carbons (Fsp3) is 0. The second kappa shape index (κ2) is 11.5. The molecule has 0 saturated carbocycles. The van der Waals surface area contributed by atoms with Crippen LogP contribution in [0.5, 0.6) is 0 Å². The average molecular weight is 638 g/mol. The number of furan rings is 1. The van der Waals surface area contributed by atoms with Crippen molar-refractivity contribution >= 4 is 71.3 Å². The Kier molecular flexibility index (Phi) is 6.53. The lowest BCUT2D eigenvalue weighted by Crippen LogP contribution is -2.11. The summed E-state index contributed by atoms with van der Waals surface area (Å²) in [5, 5.41) is 9.30. The molecular formula is C48H31NO. The Hall–Kier alpha value is -6.64. The third-order valence-corrected chi connectivity index (χ3v) is 10.0. The van der Waals surface area contributed by atoms with Crippen molar-refractivity contribution in [3.8, 4) is 22.3 Å². The zero-order valence-corrected chi connectivity index (χ0v) is 27.3. The first-order valence-electron chi connectivity index (χ1n) is 17.1. The van der Waals surface area contributed by atoms with Crippen LogP contribution in [0.2, 0.25) is 0 Å². The molecule has 10 aromatic rings. The predicted octanol–water partition coefficient (Wildman–Crippen LogP) is 13.8. The number of anilines is 3. The molecule has 1 heterocycles. The minimum Gasteiger partial charge on any atom is -0.455 e. The van der Waals surface area contributed by atoms with E-state index in [9.17, 15) is 0 Å². The molecule has 234 valence electrons. The topological polar surface area (TPSA) is 16.4 Å². The smallest absolute Gasteiger partial charge is 0.143 e. The summed E-state index contributed by atoms with van der Waals surface area (Å²) in [4.78, 5) is 2.43. The summed E-state index contributed by atoms with van der Waals surface area (Å²) >= 11 is 0. The Morgan fingerprint density at radius 2 is 1.00 bits per heavy atom. The van der Waals surface area contributed by atoms with Crippen molar-refractivity contribution in [1.29, 1.82) is 0 Å². The van der Waals surface area contributed by atoms with Gasteiger partial charge in [-0.05, 0) is 74.8 Å². The lowest BCUT2D eigenvalue weighted by atomic mass is 9.95. The fourth-order valence-corrected chi connectivity index (χ4v) is 7.66. The van der Waals surface area contributed by atoms with E-state index < -0.39 is 0 Å². The highest BCUT2D eigenvalue weighted by molar-refractivity contribution is 6.23. The van der Waals surface area contributed by atoms with Crippen molar-refractivity contribution in [1.82, 2.24) is 0 Å². The molecule has 0 unspecified atom stereocenters. The first kappa shape index (κ1) is 28.4. The molecule has 0 amide bonds. The Bertz CT molecular complexity index is 2860. The number of fused-ring (bicyclic) bond motifs is 7. The maximum Gasteiger partial charge on any atom is 0.143 e. The Morgan fingerprint density at radius 1 is 0.360 bits per heavy atom. The summed E-state index contributed by atoms with van der Waals surface area (Å²) in [6.45, 7) is 0. The van der Waals surface area contributed by atoms with Gasteiger partial charge in [-0.15, -0.1) is 0 Å². The number of rotatable bonds is 5. The summed E-state index contributed by atoms with van der Waals surface area (Å²) in [6, 6.07) is 67.5. The van der Waals surface area contributed by atoms with Gasteiger partial charge in [-0.2, -0.15) is 0 Å². The van der Waals surface area contributed by atoms with Crippen LogP contribution < -0.4 is 4.90 Å². The van der Waals surface area contributed by atoms with Crippen molar-refractivity contribution in [2.24, 2.45) is 0 Å². The molecule has 0 bridgehead atoms. The monoisotopic (exact) mass is 637 g/mol. The number of hydrogen-bond donors (Lipinski definition) is 0. The normalized spacial score (nSPS) is 11.6. The van der Waals surface area contributed by atoms with Gasteiger partial charge < -0.3 is 9.32 Å². The maximum atomic E-state index is 6.78. The highest BCUT2D eigenvalue weighted by Crippen LogP contribution is 2.47. The lowest BCUT2D eigenvalue weighted by molar-refractivity contribution is 0.673. The summed E-state index contributed by atoms with van der Waals surface area (Å²) in [6.07, 6.45) is 0. The van der Waals surface area contributed by atoms with E-state index in [1.807, 2.05) is 0 Å². The molecule has 0 aliphatic carbocycles. The molecule has 0 atom stereocenters. The van der Waals surface area contributed by atoms with Crippen LogP contribution in [0.1, 0.15) is 0 Å². The summed E-state index contributed by atoms with van der Waals surface area (Å²) < 4.78 is 6.78. The maximum absolute atomic E-state index is 6.78. The molecule has 2 heteroatoms. The van der Waals surface area contributed by atoms with Gasteiger partial charge >= 0.3 is 0 Å². The van der Waals surface area contributed by atoms with E-state index in [1.165, 1.54) is 38.2 Å². The fourth-order valence-electron chi connectivity index (χ4n) is 7.66. The molecule has 50 heavy (non-hydrogen) atoms. The number of nitrogens with zero attached hydrogens (tertiary/aromatic N) is 1. The lowest BCUT2D eigenvalue weighted by Gasteiger charge is -2.28. The molecule has 0 fully saturated rings. The van der Waals surface area contributed by atoms with Crippen molar-refractivity contribution in [2.75, 3.05) is 4.90 Å². The zero-order valence-electron chi connectivity index (χ0n) is 27.3. The Morgan fingerprint density at radius 3 is 1.84 bits per heavy atom. The molecule has 0 aliphatic rings. The third kappa shape index (κ3) is 4.57. The van der Waals surface area contributed by atoms with Crippen molar-refractivity contribution in [3.05, 3.63) is 188 Å². The number of hydrogen-bond acceptors (Lipinski definition) is 2. The van der Waals surface area contributed by atoms with Gasteiger partial charge in [-0.25, -0.2) is 0 Å². The summed E-state index contributed by atoms with van der Waals surface area (Å²) in [5.74, 6) is 0. The predicted molar refractivity (Wildman–Crippen MR) is 212 cm³/mol. The van der Waals surface area contributed by atoms with E-state index >= 15 is 0 Å². The van der Waals surface area contributed by atoms with Gasteiger partial charge in [0.15, 0.2) is 0 Å². The number of benzene rings is 9. The van der Waals surface area contributed by atoms with Crippen LogP contribution in [-0.2, 0) is 0 Å². The van der Waals surface area contributed by atoms with Gasteiger partial charge in [0.05, 0.1) is 11.4 Å². The van der Waals surface area contributed by atoms with E-state index in [2.05, 4.69) is 193 Å². The second-order valence-electron chi connectivity index (χ2n) is 12.9. The van der Waals surface area contributed by atoms with E-state index in [4.69, 9.17) is 4.42 Å². The van der Waals surface area contributed by atoms with Gasteiger partial charge in [-0.1, -0.05) is 152 Å². The van der Waals surface area contributed by atoms with E-state index in [-0.39, 0.29) is 0 Å². The highest BCUT2D eigenvalue weighted by atomic mass is 16.3. The third-order valence-electron chi connectivity index (χ3n) is 10.0. The molecule has 0 saturated heterocycles. The van der Waals surface area contributed by atoms with Crippen LogP contribution >= 0.6 is 0 Å². The molecule has 0 N–H and O–H groups in total. The van der Waals surface area contributed by atoms with E-state index in [0.29, 0.717) is 0 Å². The molecule has 0 radical (unpaired) electrons. The van der Waals surface area contributed by atoms with E-state index in [0.717, 1.165) is 55.3 Å². The van der Waals surface area contributed by atoms with Gasteiger partial charge in [-0.3, -0.25) is 0 Å². The Labute approximate surface area is 290 Å². The Balaban J connectivity index is 1.27. The molecule has 2 nitrogen and oxygen atoms in total. The SMILES string of the molecule is c1ccc(-c2ccc(N(c3cccc4ccccc34)c3cc4c(oc5cccc(-c6ccc7ccccc7c6)c54)c4ccccc34)cc2)cc1. The highest BCUT2D eigenvalue weighted by Gasteiger charge is 2.23. The van der Waals surface area contributed by atoms with E-state index in [1.54, 1.807) is 0 Å². The summed E-state index contributed by atoms with van der Waals surface area (Å²) in [5.41, 5.74) is 9.85. The standard InChI is InChI=1S/C48H31NO/c1-2-12-32(13-3-1)34-26-28-38(29-27-34)49(44-22-10-17-35-15-6-7-18-39(35)44)45-31-43-47-40(37-25-24-33-14-4-5-16-36(33)30-37)21-11-23-46(47)50-48(43)42-20-9-8-19-41(42)45/h1-31H. The zero-order chi connectivity index (χ0) is 33.0. The van der Waals surface area contributed by atoms with Gasteiger partial charge in [0.1, 0.15) is 11.2 Å². The minimum absolute atomic E-state index is 0.886. The van der Waals surface area contributed by atoms with Gasteiger partial charge in [0.2, 0.25) is 0 Å². The molecule has 10 rings (SSSR count). The van der Waals surface area contributed by atoms with Crippen LogP contribution in [0.3, 0.4) is 0 Å². The second-order valence-corrected chi connectivity index (χ2v) is 12.9. The van der Waals surface area contributed by atoms with Crippen LogP contribution in [0, 0.1) is 0 Å². The van der Waals surface area contributed by atoms with Crippen LogP contribution in [0.15, 0.2) is 192 Å². The molecule has 1 aromatic heterocycles. The summed E-state index contributed by atoms with van der Waals surface area (Å²) in [7, 11) is 0. The van der Waals surface area contributed by atoms with Gasteiger partial charge in [0.25, 0.3) is 0 Å². The van der Waals surface area contributed by atoms with Crippen LogP contribution in [0.4, 0.5) is 17.1 Å². The largest absolute Gasteiger partial charge is 0.455 e. The first-order chi connectivity index (χ1) is 24.8. The quantitative estimate of drug-likeness (QED) is 0.187. The van der Waals surface area contributed by atoms with Crippen molar-refractivity contribution in [3.63, 3.8) is 0 Å². The van der Waals surface area contributed by atoms with Crippen molar-refractivity contribution in [2.45, 2.75) is 0 Å². The minimum atomic E-state index is 0.886. The van der Waals surface area contributed by atoms with Crippen LogP contribution in [0.25, 0.3) is 76.5 Å². The first-order valence-corrected chi connectivity index (χ1v) is 17.1. The molecule has 0 spiro atoms. The average Bonchev–Trinajstić information content (AvgIpc) is 3.58. The molecule has 0 aliphatic heterocycles. The molecule has 9 aromatic carbocycles. The van der Waals surface area contributed by atoms with Crippen LogP contribution in [-0.4, -0.2) is 0 Å². The van der Waals surface area contributed by atoms with Crippen molar-refractivity contribution < 1.29 is 4.42 Å².